The van der Waals surface area contributed by atoms with Gasteiger partial charge < -0.3 is 14.2 Å². The predicted molar refractivity (Wildman–Crippen MR) is 47.5 cm³/mol. The maximum atomic E-state index is 11.0. The van der Waals surface area contributed by atoms with E-state index in [9.17, 15) is 9.36 Å². The highest BCUT2D eigenvalue weighted by Crippen LogP contribution is 2.40. The molecule has 6 heteroatoms. The molecule has 13 heavy (non-hydrogen) atoms. The van der Waals surface area contributed by atoms with Gasteiger partial charge in [-0.3, -0.25) is 9.36 Å². The van der Waals surface area contributed by atoms with Crippen LogP contribution in [0.1, 0.15) is 20.8 Å². The van der Waals surface area contributed by atoms with E-state index in [2.05, 4.69) is 4.52 Å². The van der Waals surface area contributed by atoms with Crippen molar-refractivity contribution in [3.8, 4) is 0 Å². The number of hydrogen-bond acceptors (Lipinski definition) is 4. The van der Waals surface area contributed by atoms with E-state index < -0.39 is 25.3 Å². The first-order valence-corrected chi connectivity index (χ1v) is 5.52. The highest BCUT2D eigenvalue weighted by Gasteiger charge is 2.26. The molecule has 0 heterocycles. The van der Waals surface area contributed by atoms with Crippen molar-refractivity contribution < 1.29 is 23.5 Å². The molecule has 0 amide bonds. The van der Waals surface area contributed by atoms with Crippen LogP contribution >= 0.6 is 7.60 Å². The summed E-state index contributed by atoms with van der Waals surface area (Å²) in [6.45, 7) is 5.04. The van der Waals surface area contributed by atoms with Gasteiger partial charge in [-0.1, -0.05) is 0 Å². The smallest absolute Gasteiger partial charge is 0.339 e. The van der Waals surface area contributed by atoms with Crippen molar-refractivity contribution in [1.82, 2.24) is 0 Å². The Labute approximate surface area is 77.6 Å². The standard InChI is InChI=1S/C7H15O5P/c1-7(2,3)12-6(8)5-13(9,10)11-4/h5H2,1-4H3,(H,9,10). The zero-order valence-corrected chi connectivity index (χ0v) is 9.13. The van der Waals surface area contributed by atoms with Gasteiger partial charge in [0.1, 0.15) is 11.8 Å². The van der Waals surface area contributed by atoms with Crippen LogP contribution in [0.2, 0.25) is 0 Å². The monoisotopic (exact) mass is 210 g/mol. The normalized spacial score (nSPS) is 16.4. The van der Waals surface area contributed by atoms with Gasteiger partial charge in [0.15, 0.2) is 0 Å². The molecule has 1 N–H and O–H groups in total. The first kappa shape index (κ1) is 12.6. The van der Waals surface area contributed by atoms with Crippen molar-refractivity contribution >= 4 is 13.6 Å². The highest BCUT2D eigenvalue weighted by molar-refractivity contribution is 7.53. The van der Waals surface area contributed by atoms with Crippen LogP contribution in [0, 0.1) is 0 Å². The van der Waals surface area contributed by atoms with Crippen molar-refractivity contribution in [2.24, 2.45) is 0 Å². The molecule has 1 atom stereocenters. The number of esters is 1. The minimum absolute atomic E-state index is 0.610. The molecular formula is C7H15O5P. The van der Waals surface area contributed by atoms with Crippen LogP contribution in [0.4, 0.5) is 0 Å². The Morgan fingerprint density at radius 3 is 2.23 bits per heavy atom. The Bertz CT molecular complexity index is 230. The first-order valence-electron chi connectivity index (χ1n) is 3.76. The molecule has 0 bridgehead atoms. The maximum Gasteiger partial charge on any atom is 0.339 e. The van der Waals surface area contributed by atoms with Crippen molar-refractivity contribution in [1.29, 1.82) is 0 Å². The molecule has 0 fully saturated rings. The van der Waals surface area contributed by atoms with Crippen molar-refractivity contribution in [2.45, 2.75) is 26.4 Å². The Kier molecular flexibility index (Phi) is 4.10. The molecular weight excluding hydrogens is 195 g/mol. The van der Waals surface area contributed by atoms with E-state index in [0.717, 1.165) is 7.11 Å². The molecule has 0 aromatic heterocycles. The molecule has 5 nitrogen and oxygen atoms in total. The van der Waals surface area contributed by atoms with E-state index in [4.69, 9.17) is 9.63 Å². The summed E-state index contributed by atoms with van der Waals surface area (Å²) in [4.78, 5) is 19.9. The summed E-state index contributed by atoms with van der Waals surface area (Å²) < 4.78 is 20.0. The lowest BCUT2D eigenvalue weighted by Gasteiger charge is -2.20. The van der Waals surface area contributed by atoms with E-state index in [1.165, 1.54) is 0 Å². The zero-order chi connectivity index (χ0) is 10.7. The van der Waals surface area contributed by atoms with Gasteiger partial charge in [-0.2, -0.15) is 0 Å². The Morgan fingerprint density at radius 2 is 1.92 bits per heavy atom. The maximum absolute atomic E-state index is 11.0. The Morgan fingerprint density at radius 1 is 1.46 bits per heavy atom. The van der Waals surface area contributed by atoms with Crippen LogP contribution in [0.15, 0.2) is 0 Å². The van der Waals surface area contributed by atoms with Gasteiger partial charge in [-0.15, -0.1) is 0 Å². The van der Waals surface area contributed by atoms with Gasteiger partial charge in [0, 0.05) is 7.11 Å². The molecule has 0 aliphatic rings. The van der Waals surface area contributed by atoms with Gasteiger partial charge >= 0.3 is 13.6 Å². The van der Waals surface area contributed by atoms with Crippen LogP contribution in [0.5, 0.6) is 0 Å². The van der Waals surface area contributed by atoms with Gasteiger partial charge in [0.2, 0.25) is 0 Å². The molecule has 0 aliphatic heterocycles. The van der Waals surface area contributed by atoms with E-state index in [1.807, 2.05) is 0 Å². The molecule has 0 aromatic carbocycles. The van der Waals surface area contributed by atoms with Crippen LogP contribution in [0.3, 0.4) is 0 Å². The number of ether oxygens (including phenoxy) is 1. The predicted octanol–water partition coefficient (Wildman–Crippen LogP) is 1.16. The largest absolute Gasteiger partial charge is 0.459 e. The van der Waals surface area contributed by atoms with E-state index in [1.54, 1.807) is 20.8 Å². The van der Waals surface area contributed by atoms with E-state index >= 15 is 0 Å². The quantitative estimate of drug-likeness (QED) is 0.559. The number of carbonyl (C=O) groups is 1. The van der Waals surface area contributed by atoms with Gasteiger partial charge in [-0.05, 0) is 20.8 Å². The fourth-order valence-electron chi connectivity index (χ4n) is 0.601. The lowest BCUT2D eigenvalue weighted by Crippen LogP contribution is -2.25. The number of carbonyl (C=O) groups excluding carboxylic acids is 1. The third-order valence-corrected chi connectivity index (χ3v) is 2.26. The Hall–Kier alpha value is -0.380. The van der Waals surface area contributed by atoms with Crippen LogP contribution in [-0.4, -0.2) is 29.7 Å². The Balaban J connectivity index is 4.11. The first-order chi connectivity index (χ1) is 5.66. The summed E-state index contributed by atoms with van der Waals surface area (Å²) in [5.74, 6) is -0.736. The minimum atomic E-state index is -3.79. The molecule has 1 unspecified atom stereocenters. The topological polar surface area (TPSA) is 72.8 Å². The fraction of sp³-hybridized carbons (Fsp3) is 0.857. The summed E-state index contributed by atoms with van der Waals surface area (Å²) in [6.07, 6.45) is -0.610. The number of rotatable bonds is 3. The zero-order valence-electron chi connectivity index (χ0n) is 8.23. The van der Waals surface area contributed by atoms with Crippen LogP contribution < -0.4 is 0 Å². The lowest BCUT2D eigenvalue weighted by atomic mass is 10.2. The average molecular weight is 210 g/mol. The van der Waals surface area contributed by atoms with Crippen molar-refractivity contribution in [3.63, 3.8) is 0 Å². The third-order valence-electron chi connectivity index (χ3n) is 1.03. The second-order valence-corrected chi connectivity index (χ2v) is 5.52. The van der Waals surface area contributed by atoms with Crippen LogP contribution in [0.25, 0.3) is 0 Å². The summed E-state index contributed by atoms with van der Waals surface area (Å²) >= 11 is 0. The second kappa shape index (κ2) is 4.22. The fourth-order valence-corrected chi connectivity index (χ4v) is 1.12. The van der Waals surface area contributed by atoms with Gasteiger partial charge in [0.25, 0.3) is 0 Å². The third kappa shape index (κ3) is 6.75. The molecule has 78 valence electrons. The summed E-state index contributed by atoms with van der Waals surface area (Å²) in [6, 6.07) is 0. The molecule has 0 aliphatic carbocycles. The molecule has 0 rings (SSSR count). The summed E-state index contributed by atoms with van der Waals surface area (Å²) in [5.41, 5.74) is -0.648. The molecule has 0 saturated carbocycles. The van der Waals surface area contributed by atoms with Crippen molar-refractivity contribution in [2.75, 3.05) is 13.3 Å². The van der Waals surface area contributed by atoms with E-state index in [0.29, 0.717) is 0 Å². The average Bonchev–Trinajstić information content (AvgIpc) is 1.81. The SMILES string of the molecule is COP(=O)(O)CC(=O)OC(C)(C)C. The van der Waals surface area contributed by atoms with Gasteiger partial charge in [0.05, 0.1) is 0 Å². The molecule has 0 spiro atoms. The van der Waals surface area contributed by atoms with Gasteiger partial charge in [-0.25, -0.2) is 0 Å². The molecule has 0 saturated heterocycles. The summed E-state index contributed by atoms with van der Waals surface area (Å²) in [5, 5.41) is 0. The van der Waals surface area contributed by atoms with E-state index in [-0.39, 0.29) is 0 Å². The molecule has 0 radical (unpaired) electrons. The second-order valence-electron chi connectivity index (χ2n) is 3.56. The van der Waals surface area contributed by atoms with Crippen LogP contribution in [-0.2, 0) is 18.6 Å². The lowest BCUT2D eigenvalue weighted by molar-refractivity contribution is -0.151. The minimum Gasteiger partial charge on any atom is -0.459 e. The van der Waals surface area contributed by atoms with Crippen molar-refractivity contribution in [3.05, 3.63) is 0 Å². The highest BCUT2D eigenvalue weighted by atomic mass is 31.2. The summed E-state index contributed by atoms with van der Waals surface area (Å²) in [7, 11) is -2.72. The molecule has 0 aromatic rings. The number of hydrogen-bond donors (Lipinski definition) is 1.